The number of anilines is 1. The number of hydrogen-bond acceptors (Lipinski definition) is 13. The fourth-order valence-corrected chi connectivity index (χ4v) is 10.9. The Bertz CT molecular complexity index is 2440. The van der Waals surface area contributed by atoms with Gasteiger partial charge in [0.05, 0.1) is 48.8 Å². The summed E-state index contributed by atoms with van der Waals surface area (Å²) in [6, 6.07) is 11.9. The van der Waals surface area contributed by atoms with E-state index in [4.69, 9.17) is 24.1 Å². The number of methoxy groups -OCH3 is 2. The molecule has 2 aromatic carbocycles. The predicted octanol–water partition coefficient (Wildman–Crippen LogP) is 6.83. The number of likely N-dealkylation sites (N-methyl/N-ethyl adjacent to an activating group) is 2. The summed E-state index contributed by atoms with van der Waals surface area (Å²) in [6.07, 6.45) is 2.80. The van der Waals surface area contributed by atoms with Crippen LogP contribution in [0.5, 0.6) is 0 Å². The summed E-state index contributed by atoms with van der Waals surface area (Å²) in [5.41, 5.74) is 0.841. The monoisotopic (exact) mass is 1130 g/mol. The first kappa shape index (κ1) is 66.9. The van der Waals surface area contributed by atoms with Crippen molar-refractivity contribution in [3.05, 3.63) is 77.9 Å². The normalized spacial score (nSPS) is 21.0. The second kappa shape index (κ2) is 31.6. The van der Waals surface area contributed by atoms with Gasteiger partial charge in [0.15, 0.2) is 0 Å². The highest BCUT2D eigenvalue weighted by Gasteiger charge is 2.44. The van der Waals surface area contributed by atoms with E-state index in [9.17, 15) is 43.5 Å². The largest absolute Gasteiger partial charge is 0.480 e. The quantitative estimate of drug-likeness (QED) is 0.0501. The van der Waals surface area contributed by atoms with Gasteiger partial charge in [-0.05, 0) is 92.5 Å². The molecule has 0 bridgehead atoms. The Labute approximate surface area is 478 Å². The molecular weight excluding hydrogens is 1040 g/mol. The Morgan fingerprint density at radius 1 is 0.827 bits per heavy atom. The summed E-state index contributed by atoms with van der Waals surface area (Å²) < 4.78 is 23.3. The number of allylic oxidation sites excluding steroid dienone is 1. The molecular formula is C60H91N7O14. The molecule has 4 rings (SSSR count). The molecule has 6 N–H and O–H groups in total. The van der Waals surface area contributed by atoms with Crippen molar-refractivity contribution < 1.29 is 67.5 Å². The van der Waals surface area contributed by atoms with Crippen LogP contribution in [0.3, 0.4) is 0 Å². The molecule has 2 aliphatic rings. The number of carboxylic acids is 1. The van der Waals surface area contributed by atoms with Crippen LogP contribution in [0.4, 0.5) is 15.3 Å². The van der Waals surface area contributed by atoms with E-state index in [0.29, 0.717) is 68.3 Å². The van der Waals surface area contributed by atoms with Crippen LogP contribution in [0.25, 0.3) is 0 Å². The molecule has 1 saturated heterocycles. The van der Waals surface area contributed by atoms with E-state index >= 15 is 0 Å². The lowest BCUT2D eigenvalue weighted by molar-refractivity contribution is -0.148. The molecule has 12 atom stereocenters. The summed E-state index contributed by atoms with van der Waals surface area (Å²) in [6.45, 7) is 16.2. The molecule has 450 valence electrons. The lowest BCUT2D eigenvalue weighted by Crippen LogP contribution is -2.60. The van der Waals surface area contributed by atoms with Crippen molar-refractivity contribution in [3.8, 4) is 0 Å². The number of carbonyl (C=O) groups is 8. The van der Waals surface area contributed by atoms with Gasteiger partial charge in [-0.3, -0.25) is 39.0 Å². The first-order valence-electron chi connectivity index (χ1n) is 28.4. The van der Waals surface area contributed by atoms with Crippen molar-refractivity contribution in [2.45, 2.75) is 175 Å². The fourth-order valence-electron chi connectivity index (χ4n) is 10.9. The molecule has 1 aliphatic carbocycles. The van der Waals surface area contributed by atoms with E-state index < -0.39 is 114 Å². The van der Waals surface area contributed by atoms with Crippen LogP contribution in [-0.4, -0.2) is 163 Å². The fraction of sp³-hybridized carbons (Fsp3) is 0.633. The number of amides is 7. The Morgan fingerprint density at radius 3 is 2.09 bits per heavy atom. The van der Waals surface area contributed by atoms with Gasteiger partial charge in [-0.1, -0.05) is 110 Å². The van der Waals surface area contributed by atoms with Gasteiger partial charge < -0.3 is 54.9 Å². The standard InChI is InChI=1S/C60H91N7O14/c1-14-38(6)51(46(78-12)33-47(68)67-32-20-24-45(67)53(79-13)39(7)54(72)62-40(8)52(71)42-21-16-15-17-22-42)65(10)56(74)49(36(2)3)64-55(73)50(37(4)5)66(11)59(77)80-35-41-25-27-43(28-26-41)63-58(76)81-44-23-18-19-30-60(9,31-29-44)57(75)61-34-48(69)70/h15-18,21-23,25-28,36-40,44-46,49-53,71H,14,19-20,24,29-35H2,1-13H3,(H,61,75)(H,62,72)(H,63,76)(H,64,73)(H,69,70)/b23-18+/t38?,39?,40?,44-,45-,46?,49?,50?,51?,52?,53?,60+/m0/s1. The summed E-state index contributed by atoms with van der Waals surface area (Å²) in [7, 11) is 6.13. The van der Waals surface area contributed by atoms with Gasteiger partial charge in [0.2, 0.25) is 29.5 Å². The first-order valence-corrected chi connectivity index (χ1v) is 28.4. The molecule has 0 saturated carbocycles. The molecule has 21 nitrogen and oxygen atoms in total. The van der Waals surface area contributed by atoms with Crippen molar-refractivity contribution in [2.24, 2.45) is 29.1 Å². The van der Waals surface area contributed by atoms with E-state index in [2.05, 4.69) is 21.3 Å². The number of benzene rings is 2. The van der Waals surface area contributed by atoms with Crippen LogP contribution in [0.1, 0.15) is 131 Å². The number of carbonyl (C=O) groups excluding carboxylic acids is 7. The van der Waals surface area contributed by atoms with E-state index in [1.807, 2.05) is 52.0 Å². The second-order valence-electron chi connectivity index (χ2n) is 22.7. The highest BCUT2D eigenvalue weighted by molar-refractivity contribution is 5.92. The van der Waals surface area contributed by atoms with Crippen LogP contribution in [0, 0.1) is 29.1 Å². The van der Waals surface area contributed by atoms with Gasteiger partial charge in [-0.2, -0.15) is 0 Å². The molecule has 81 heavy (non-hydrogen) atoms. The summed E-state index contributed by atoms with van der Waals surface area (Å²) in [5.74, 6) is -4.62. The van der Waals surface area contributed by atoms with Crippen molar-refractivity contribution in [1.29, 1.82) is 0 Å². The number of aliphatic hydroxyl groups excluding tert-OH is 1. The zero-order valence-corrected chi connectivity index (χ0v) is 49.8. The third-order valence-corrected chi connectivity index (χ3v) is 16.0. The third kappa shape index (κ3) is 18.7. The topological polar surface area (TPSA) is 272 Å². The highest BCUT2D eigenvalue weighted by atomic mass is 16.6. The SMILES string of the molecule is CCC(C)C(C(CC(=O)N1CCC[C@H]1C(OC)C(C)C(=O)NC(C)C(O)c1ccccc1)OC)N(C)C(=O)C(NC(=O)C(C(C)C)N(C)C(=O)OCc1ccc(NC(=O)O[C@H]2/C=C/CC[C@@](C)(C(=O)NCC(=O)O)CC2)cc1)C(C)C. The number of nitrogens with zero attached hydrogens (tertiary/aromatic N) is 3. The van der Waals surface area contributed by atoms with E-state index in [1.165, 1.54) is 26.2 Å². The van der Waals surface area contributed by atoms with Crippen LogP contribution >= 0.6 is 0 Å². The summed E-state index contributed by atoms with van der Waals surface area (Å²) in [4.78, 5) is 112. The predicted molar refractivity (Wildman–Crippen MR) is 305 cm³/mol. The molecule has 1 fully saturated rings. The zero-order chi connectivity index (χ0) is 60.3. The number of aliphatic carboxylic acids is 1. The minimum Gasteiger partial charge on any atom is -0.480 e. The van der Waals surface area contributed by atoms with Crippen LogP contribution in [-0.2, 0) is 54.3 Å². The number of aliphatic hydroxyl groups is 1. The van der Waals surface area contributed by atoms with Crippen LogP contribution in [0.2, 0.25) is 0 Å². The van der Waals surface area contributed by atoms with Gasteiger partial charge in [0.1, 0.15) is 31.3 Å². The van der Waals surface area contributed by atoms with Gasteiger partial charge >= 0.3 is 18.2 Å². The second-order valence-corrected chi connectivity index (χ2v) is 22.7. The van der Waals surface area contributed by atoms with E-state index in [1.54, 1.807) is 93.9 Å². The lowest BCUT2D eigenvalue weighted by atomic mass is 9.78. The minimum atomic E-state index is -1.14. The zero-order valence-electron chi connectivity index (χ0n) is 49.8. The molecule has 9 unspecified atom stereocenters. The number of hydrogen-bond donors (Lipinski definition) is 6. The molecule has 2 aromatic rings. The maximum absolute atomic E-state index is 14.7. The average Bonchev–Trinajstić information content (AvgIpc) is 3.93. The van der Waals surface area contributed by atoms with E-state index in [0.717, 1.165) is 0 Å². The first-order chi connectivity index (χ1) is 38.3. The molecule has 1 aliphatic heterocycles. The van der Waals surface area contributed by atoms with Gasteiger partial charge in [-0.15, -0.1) is 0 Å². The van der Waals surface area contributed by atoms with Gasteiger partial charge in [0.25, 0.3) is 0 Å². The summed E-state index contributed by atoms with van der Waals surface area (Å²) >= 11 is 0. The molecule has 0 aromatic heterocycles. The summed E-state index contributed by atoms with van der Waals surface area (Å²) in [5, 5.41) is 30.9. The number of likely N-dealkylation sites (tertiary alicyclic amines) is 1. The molecule has 1 heterocycles. The van der Waals surface area contributed by atoms with Crippen molar-refractivity contribution in [1.82, 2.24) is 30.7 Å². The number of rotatable bonds is 27. The number of carboxylic acid groups (broad SMARTS) is 1. The minimum absolute atomic E-state index is 0.0719. The lowest BCUT2D eigenvalue weighted by Gasteiger charge is -2.41. The molecule has 0 spiro atoms. The Kier molecular flexibility index (Phi) is 26.1. The average molecular weight is 1130 g/mol. The van der Waals surface area contributed by atoms with E-state index in [-0.39, 0.29) is 36.7 Å². The Balaban J connectivity index is 1.36. The van der Waals surface area contributed by atoms with Gasteiger partial charge in [-0.25, -0.2) is 9.59 Å². The molecule has 0 radical (unpaired) electrons. The van der Waals surface area contributed by atoms with Crippen LogP contribution < -0.4 is 21.3 Å². The van der Waals surface area contributed by atoms with Crippen LogP contribution in [0.15, 0.2) is 66.7 Å². The number of nitrogens with one attached hydrogen (secondary N) is 4. The van der Waals surface area contributed by atoms with Crippen molar-refractivity contribution >= 4 is 53.4 Å². The highest BCUT2D eigenvalue weighted by Crippen LogP contribution is 2.34. The molecule has 21 heteroatoms. The Hall–Kier alpha value is -6.58. The van der Waals surface area contributed by atoms with Gasteiger partial charge in [0, 0.05) is 46.0 Å². The maximum Gasteiger partial charge on any atom is 0.412 e. The Morgan fingerprint density at radius 2 is 1.49 bits per heavy atom. The smallest absolute Gasteiger partial charge is 0.412 e. The molecule has 7 amide bonds. The third-order valence-electron chi connectivity index (χ3n) is 16.0. The van der Waals surface area contributed by atoms with Crippen molar-refractivity contribution in [2.75, 3.05) is 46.7 Å². The number of ether oxygens (including phenoxy) is 4. The maximum atomic E-state index is 14.7. The van der Waals surface area contributed by atoms with Crippen molar-refractivity contribution in [3.63, 3.8) is 0 Å².